The molecule has 2 aliphatic rings. The van der Waals surface area contributed by atoms with Gasteiger partial charge in [0.05, 0.1) is 6.20 Å². The van der Waals surface area contributed by atoms with Crippen molar-refractivity contribution >= 4 is 11.7 Å². The van der Waals surface area contributed by atoms with Gasteiger partial charge in [0.15, 0.2) is 11.5 Å². The van der Waals surface area contributed by atoms with Gasteiger partial charge in [0, 0.05) is 43.5 Å². The number of rotatable bonds is 3. The molecule has 3 heterocycles. The minimum atomic E-state index is -0.103. The molecule has 1 aromatic carbocycles. The predicted octanol–water partition coefficient (Wildman–Crippen LogP) is 1.17. The quantitative estimate of drug-likeness (QED) is 0.920. The molecule has 8 heteroatoms. The second-order valence-electron chi connectivity index (χ2n) is 5.39. The van der Waals surface area contributed by atoms with Gasteiger partial charge in [-0.15, -0.1) is 5.10 Å². The third-order valence-corrected chi connectivity index (χ3v) is 3.79. The van der Waals surface area contributed by atoms with E-state index in [1.807, 2.05) is 6.20 Å². The largest absolute Gasteiger partial charge is 0.454 e. The molecule has 0 aliphatic carbocycles. The molecule has 2 amide bonds. The van der Waals surface area contributed by atoms with Gasteiger partial charge < -0.3 is 19.7 Å². The molecule has 4 rings (SSSR count). The van der Waals surface area contributed by atoms with Crippen LogP contribution in [0, 0.1) is 5.92 Å². The molecule has 0 atom stereocenters. The van der Waals surface area contributed by atoms with E-state index in [0.717, 1.165) is 19.6 Å². The van der Waals surface area contributed by atoms with Crippen LogP contribution in [-0.4, -0.2) is 45.8 Å². The van der Waals surface area contributed by atoms with Crippen molar-refractivity contribution in [1.82, 2.24) is 19.9 Å². The number of nitrogens with zero attached hydrogens (tertiary/aromatic N) is 4. The summed E-state index contributed by atoms with van der Waals surface area (Å²) in [6, 6.07) is 5.26. The molecular formula is C14H15N5O3. The molecule has 2 aromatic rings. The molecule has 22 heavy (non-hydrogen) atoms. The molecular weight excluding hydrogens is 286 g/mol. The highest BCUT2D eigenvalue weighted by Crippen LogP contribution is 2.34. The number of amides is 2. The van der Waals surface area contributed by atoms with Crippen LogP contribution in [0.15, 0.2) is 30.6 Å². The highest BCUT2D eigenvalue weighted by atomic mass is 16.7. The summed E-state index contributed by atoms with van der Waals surface area (Å²) in [5.74, 6) is 1.78. The van der Waals surface area contributed by atoms with Gasteiger partial charge in [-0.05, 0) is 12.1 Å². The number of fused-ring (bicyclic) bond motifs is 1. The molecule has 0 bridgehead atoms. The summed E-state index contributed by atoms with van der Waals surface area (Å²) >= 11 is 0. The van der Waals surface area contributed by atoms with Crippen LogP contribution < -0.4 is 14.8 Å². The molecule has 0 radical (unpaired) electrons. The van der Waals surface area contributed by atoms with Crippen molar-refractivity contribution in [1.29, 1.82) is 0 Å². The van der Waals surface area contributed by atoms with E-state index in [9.17, 15) is 4.79 Å². The van der Waals surface area contributed by atoms with E-state index in [-0.39, 0.29) is 12.8 Å². The first kappa shape index (κ1) is 12.9. The number of benzene rings is 1. The Balaban J connectivity index is 1.30. The second kappa shape index (κ2) is 5.21. The Morgan fingerprint density at radius 2 is 2.18 bits per heavy atom. The number of ether oxygens (including phenoxy) is 2. The molecule has 1 aromatic heterocycles. The van der Waals surface area contributed by atoms with Crippen LogP contribution in [0.4, 0.5) is 10.5 Å². The van der Waals surface area contributed by atoms with E-state index in [1.54, 1.807) is 34.0 Å². The lowest BCUT2D eigenvalue weighted by Gasteiger charge is -2.38. The van der Waals surface area contributed by atoms with Gasteiger partial charge in [-0.2, -0.15) is 0 Å². The van der Waals surface area contributed by atoms with E-state index in [1.165, 1.54) is 0 Å². The van der Waals surface area contributed by atoms with Crippen LogP contribution in [0.2, 0.25) is 0 Å². The fraction of sp³-hybridized carbons (Fsp3) is 0.357. The summed E-state index contributed by atoms with van der Waals surface area (Å²) in [6.07, 6.45) is 3.48. The van der Waals surface area contributed by atoms with Gasteiger partial charge >= 0.3 is 6.03 Å². The molecule has 0 unspecified atom stereocenters. The van der Waals surface area contributed by atoms with E-state index in [4.69, 9.17) is 9.47 Å². The number of likely N-dealkylation sites (tertiary alicyclic amines) is 1. The Kier molecular flexibility index (Phi) is 3.06. The van der Waals surface area contributed by atoms with Crippen LogP contribution in [0.1, 0.15) is 0 Å². The first-order valence-electron chi connectivity index (χ1n) is 7.07. The third-order valence-electron chi connectivity index (χ3n) is 3.79. The van der Waals surface area contributed by atoms with Crippen LogP contribution in [0.5, 0.6) is 11.5 Å². The maximum atomic E-state index is 12.2. The number of urea groups is 1. The minimum Gasteiger partial charge on any atom is -0.454 e. The van der Waals surface area contributed by atoms with E-state index < -0.39 is 0 Å². The Labute approximate surface area is 126 Å². The van der Waals surface area contributed by atoms with E-state index >= 15 is 0 Å². The van der Waals surface area contributed by atoms with Gasteiger partial charge in [-0.1, -0.05) is 5.21 Å². The maximum absolute atomic E-state index is 12.2. The molecule has 1 saturated heterocycles. The van der Waals surface area contributed by atoms with Crippen LogP contribution in [0.25, 0.3) is 0 Å². The van der Waals surface area contributed by atoms with Crippen molar-refractivity contribution in [3.05, 3.63) is 30.6 Å². The number of aromatic nitrogens is 3. The molecule has 114 valence electrons. The molecule has 0 spiro atoms. The van der Waals surface area contributed by atoms with Gasteiger partial charge in [0.2, 0.25) is 6.79 Å². The van der Waals surface area contributed by atoms with Crippen molar-refractivity contribution in [2.75, 3.05) is 25.2 Å². The van der Waals surface area contributed by atoms with Crippen LogP contribution in [0.3, 0.4) is 0 Å². The molecule has 8 nitrogen and oxygen atoms in total. The summed E-state index contributed by atoms with van der Waals surface area (Å²) in [5.41, 5.74) is 0.703. The Bertz CT molecular complexity index is 682. The zero-order valence-electron chi connectivity index (χ0n) is 11.8. The van der Waals surface area contributed by atoms with Gasteiger partial charge in [0.1, 0.15) is 0 Å². The molecule has 1 fully saturated rings. The molecule has 1 N–H and O–H groups in total. The SMILES string of the molecule is O=C(Nc1ccc2c(c1)OCO2)N1CC(Cn2ccnn2)C1. The first-order valence-corrected chi connectivity index (χ1v) is 7.07. The van der Waals surface area contributed by atoms with E-state index in [2.05, 4.69) is 15.6 Å². The Morgan fingerprint density at radius 3 is 3.00 bits per heavy atom. The highest BCUT2D eigenvalue weighted by molar-refractivity contribution is 5.90. The summed E-state index contributed by atoms with van der Waals surface area (Å²) in [5, 5.41) is 10.6. The summed E-state index contributed by atoms with van der Waals surface area (Å²) in [7, 11) is 0. The number of anilines is 1. The average Bonchev–Trinajstić information content (AvgIpc) is 3.12. The lowest BCUT2D eigenvalue weighted by Crippen LogP contribution is -2.52. The van der Waals surface area contributed by atoms with Crippen LogP contribution >= 0.6 is 0 Å². The average molecular weight is 301 g/mol. The number of hydrogen-bond acceptors (Lipinski definition) is 5. The molecule has 2 aliphatic heterocycles. The number of carbonyl (C=O) groups excluding carboxylic acids is 1. The lowest BCUT2D eigenvalue weighted by atomic mass is 10.0. The monoisotopic (exact) mass is 301 g/mol. The van der Waals surface area contributed by atoms with Gasteiger partial charge in [-0.3, -0.25) is 4.68 Å². The summed E-state index contributed by atoms with van der Waals surface area (Å²) in [6.45, 7) is 2.45. The Morgan fingerprint density at radius 1 is 1.32 bits per heavy atom. The minimum absolute atomic E-state index is 0.103. The number of hydrogen-bond donors (Lipinski definition) is 1. The summed E-state index contributed by atoms with van der Waals surface area (Å²) < 4.78 is 12.3. The van der Waals surface area contributed by atoms with Crippen molar-refractivity contribution in [3.8, 4) is 11.5 Å². The predicted molar refractivity (Wildman–Crippen MR) is 76.7 cm³/mol. The smallest absolute Gasteiger partial charge is 0.321 e. The fourth-order valence-electron chi connectivity index (χ4n) is 2.62. The number of carbonyl (C=O) groups is 1. The van der Waals surface area contributed by atoms with Crippen molar-refractivity contribution in [2.45, 2.75) is 6.54 Å². The van der Waals surface area contributed by atoms with Crippen LogP contribution in [-0.2, 0) is 6.54 Å². The lowest BCUT2D eigenvalue weighted by molar-refractivity contribution is 0.117. The fourth-order valence-corrected chi connectivity index (χ4v) is 2.62. The Hall–Kier alpha value is -2.77. The standard InChI is InChI=1S/C14H15N5O3/c20-14(16-11-1-2-12-13(5-11)22-9-21-12)18-6-10(7-18)8-19-4-3-15-17-19/h1-5,10H,6-9H2,(H,16,20). The van der Waals surface area contributed by atoms with Crippen molar-refractivity contribution < 1.29 is 14.3 Å². The zero-order valence-corrected chi connectivity index (χ0v) is 11.8. The van der Waals surface area contributed by atoms with E-state index in [0.29, 0.717) is 23.1 Å². The molecule has 0 saturated carbocycles. The van der Waals surface area contributed by atoms with Gasteiger partial charge in [0.25, 0.3) is 0 Å². The highest BCUT2D eigenvalue weighted by Gasteiger charge is 2.31. The van der Waals surface area contributed by atoms with Crippen molar-refractivity contribution in [2.24, 2.45) is 5.92 Å². The van der Waals surface area contributed by atoms with Gasteiger partial charge in [-0.25, -0.2) is 4.79 Å². The zero-order chi connectivity index (χ0) is 14.9. The summed E-state index contributed by atoms with van der Waals surface area (Å²) in [4.78, 5) is 13.9. The normalized spacial score (nSPS) is 16.5. The first-order chi connectivity index (χ1) is 10.8. The number of nitrogens with one attached hydrogen (secondary N) is 1. The third kappa shape index (κ3) is 2.43. The van der Waals surface area contributed by atoms with Crippen molar-refractivity contribution in [3.63, 3.8) is 0 Å². The maximum Gasteiger partial charge on any atom is 0.321 e. The second-order valence-corrected chi connectivity index (χ2v) is 5.39. The topological polar surface area (TPSA) is 81.5 Å².